The van der Waals surface area contributed by atoms with Crippen molar-refractivity contribution < 1.29 is 14.3 Å². The van der Waals surface area contributed by atoms with Gasteiger partial charge in [-0.3, -0.25) is 14.5 Å². The lowest BCUT2D eigenvalue weighted by molar-refractivity contribution is -0.153. The molecule has 174 valence electrons. The van der Waals surface area contributed by atoms with Gasteiger partial charge >= 0.3 is 5.97 Å². The van der Waals surface area contributed by atoms with E-state index in [9.17, 15) is 9.59 Å². The fraction of sp³-hybridized carbons (Fsp3) is 0.423. The fourth-order valence-electron chi connectivity index (χ4n) is 4.05. The van der Waals surface area contributed by atoms with E-state index in [4.69, 9.17) is 10.00 Å². The number of nitriles is 1. The lowest BCUT2D eigenvalue weighted by atomic mass is 10.0. The zero-order valence-electron chi connectivity index (χ0n) is 19.7. The summed E-state index contributed by atoms with van der Waals surface area (Å²) in [7, 11) is 0. The number of likely N-dealkylation sites (N-methyl/N-ethyl adjacent to an activating group) is 1. The summed E-state index contributed by atoms with van der Waals surface area (Å²) < 4.78 is 5.22. The number of hydrogen-bond donors (Lipinski definition) is 0. The summed E-state index contributed by atoms with van der Waals surface area (Å²) in [6.07, 6.45) is 0. The molecule has 0 saturated carbocycles. The normalized spacial score (nSPS) is 14.1. The van der Waals surface area contributed by atoms with Gasteiger partial charge < -0.3 is 14.5 Å². The van der Waals surface area contributed by atoms with Gasteiger partial charge in [0.2, 0.25) is 0 Å². The SMILES string of the molecule is CCN(C(=O)COC(=O)CN1CCN(c2ccc(-c3ccc(C#N)cc3)cc2)CC1)C(C)C. The highest BCUT2D eigenvalue weighted by molar-refractivity contribution is 5.81. The molecule has 0 unspecified atom stereocenters. The molecule has 1 aliphatic rings. The maximum Gasteiger partial charge on any atom is 0.320 e. The van der Waals surface area contributed by atoms with Crippen molar-refractivity contribution in [3.63, 3.8) is 0 Å². The van der Waals surface area contributed by atoms with Crippen LogP contribution in [0.5, 0.6) is 0 Å². The molecule has 0 atom stereocenters. The van der Waals surface area contributed by atoms with Crippen LogP contribution in [0.2, 0.25) is 0 Å². The van der Waals surface area contributed by atoms with Crippen LogP contribution >= 0.6 is 0 Å². The maximum absolute atomic E-state index is 12.2. The molecule has 1 aliphatic heterocycles. The molecule has 2 aromatic rings. The minimum Gasteiger partial charge on any atom is -0.455 e. The molecule has 0 aromatic heterocycles. The van der Waals surface area contributed by atoms with E-state index in [-0.39, 0.29) is 31.1 Å². The molecule has 0 N–H and O–H groups in total. The third-order valence-corrected chi connectivity index (χ3v) is 5.95. The van der Waals surface area contributed by atoms with Crippen molar-refractivity contribution in [2.24, 2.45) is 0 Å². The van der Waals surface area contributed by atoms with Crippen molar-refractivity contribution in [2.75, 3.05) is 50.8 Å². The van der Waals surface area contributed by atoms with Crippen LogP contribution < -0.4 is 4.90 Å². The Hall–Kier alpha value is -3.37. The van der Waals surface area contributed by atoms with Gasteiger partial charge in [0.15, 0.2) is 6.61 Å². The second-order valence-electron chi connectivity index (χ2n) is 8.43. The molecule has 1 amide bonds. The molecule has 3 rings (SSSR count). The fourth-order valence-corrected chi connectivity index (χ4v) is 4.05. The number of carbonyl (C=O) groups excluding carboxylic acids is 2. The van der Waals surface area contributed by atoms with Crippen molar-refractivity contribution in [1.82, 2.24) is 9.80 Å². The number of piperazine rings is 1. The number of hydrogen-bond acceptors (Lipinski definition) is 6. The number of anilines is 1. The molecule has 1 heterocycles. The number of esters is 1. The summed E-state index contributed by atoms with van der Waals surface area (Å²) in [5, 5.41) is 8.94. The van der Waals surface area contributed by atoms with Gasteiger partial charge in [0, 0.05) is 44.5 Å². The van der Waals surface area contributed by atoms with E-state index in [2.05, 4.69) is 40.1 Å². The van der Waals surface area contributed by atoms with E-state index < -0.39 is 0 Å². The van der Waals surface area contributed by atoms with Crippen molar-refractivity contribution >= 4 is 17.6 Å². The predicted octanol–water partition coefficient (Wildman–Crippen LogP) is 3.15. The average Bonchev–Trinajstić information content (AvgIpc) is 2.83. The first-order valence-electron chi connectivity index (χ1n) is 11.4. The standard InChI is InChI=1S/C26H32N4O3/c1-4-30(20(2)3)25(31)19-33-26(32)18-28-13-15-29(16-14-28)24-11-9-23(10-12-24)22-7-5-21(17-27)6-8-22/h5-12,20H,4,13-16,18-19H2,1-3H3. The van der Waals surface area contributed by atoms with Crippen LogP contribution in [-0.2, 0) is 14.3 Å². The average molecular weight is 449 g/mol. The van der Waals surface area contributed by atoms with Gasteiger partial charge in [-0.1, -0.05) is 24.3 Å². The molecular formula is C26H32N4O3. The number of amides is 1. The number of benzene rings is 2. The summed E-state index contributed by atoms with van der Waals surface area (Å²) in [6, 6.07) is 18.2. The van der Waals surface area contributed by atoms with Crippen molar-refractivity contribution in [3.8, 4) is 17.2 Å². The van der Waals surface area contributed by atoms with Gasteiger partial charge in [0.1, 0.15) is 0 Å². The zero-order valence-corrected chi connectivity index (χ0v) is 19.7. The van der Waals surface area contributed by atoms with Crippen LogP contribution in [0.3, 0.4) is 0 Å². The number of rotatable bonds is 8. The van der Waals surface area contributed by atoms with Gasteiger partial charge in [0.25, 0.3) is 5.91 Å². The van der Waals surface area contributed by atoms with Gasteiger partial charge in [0.05, 0.1) is 18.2 Å². The van der Waals surface area contributed by atoms with E-state index in [0.717, 1.165) is 43.0 Å². The molecule has 0 bridgehead atoms. The first-order valence-corrected chi connectivity index (χ1v) is 11.4. The Morgan fingerprint density at radius 1 is 1.00 bits per heavy atom. The lowest BCUT2D eigenvalue weighted by Gasteiger charge is -2.35. The smallest absolute Gasteiger partial charge is 0.320 e. The monoisotopic (exact) mass is 448 g/mol. The summed E-state index contributed by atoms with van der Waals surface area (Å²) in [5.41, 5.74) is 3.99. The second kappa shape index (κ2) is 11.5. The second-order valence-corrected chi connectivity index (χ2v) is 8.43. The minimum absolute atomic E-state index is 0.0902. The quantitative estimate of drug-likeness (QED) is 0.578. The minimum atomic E-state index is -0.358. The Morgan fingerprint density at radius 3 is 2.09 bits per heavy atom. The molecule has 0 aliphatic carbocycles. The Labute approximate surface area is 196 Å². The van der Waals surface area contributed by atoms with Crippen LogP contribution in [0.25, 0.3) is 11.1 Å². The van der Waals surface area contributed by atoms with E-state index in [1.807, 2.05) is 45.0 Å². The Morgan fingerprint density at radius 2 is 1.58 bits per heavy atom. The Bertz CT molecular complexity index is 972. The molecular weight excluding hydrogens is 416 g/mol. The maximum atomic E-state index is 12.2. The highest BCUT2D eigenvalue weighted by Gasteiger charge is 2.21. The van der Waals surface area contributed by atoms with Crippen LogP contribution in [0.15, 0.2) is 48.5 Å². The third kappa shape index (κ3) is 6.56. The molecule has 1 fully saturated rings. The summed E-state index contributed by atoms with van der Waals surface area (Å²) in [5.74, 6) is -0.515. The molecule has 7 heteroatoms. The molecule has 33 heavy (non-hydrogen) atoms. The Kier molecular flexibility index (Phi) is 8.45. The van der Waals surface area contributed by atoms with Crippen LogP contribution in [0, 0.1) is 11.3 Å². The zero-order chi connectivity index (χ0) is 23.8. The highest BCUT2D eigenvalue weighted by atomic mass is 16.5. The van der Waals surface area contributed by atoms with Gasteiger partial charge in [-0.2, -0.15) is 5.26 Å². The largest absolute Gasteiger partial charge is 0.455 e. The molecule has 0 spiro atoms. The number of ether oxygens (including phenoxy) is 1. The van der Waals surface area contributed by atoms with E-state index >= 15 is 0 Å². The summed E-state index contributed by atoms with van der Waals surface area (Å²) in [4.78, 5) is 30.4. The highest BCUT2D eigenvalue weighted by Crippen LogP contribution is 2.24. The first kappa shape index (κ1) is 24.3. The topological polar surface area (TPSA) is 76.9 Å². The van der Waals surface area contributed by atoms with Crippen molar-refractivity contribution in [1.29, 1.82) is 5.26 Å². The van der Waals surface area contributed by atoms with Crippen LogP contribution in [0.1, 0.15) is 26.3 Å². The molecule has 7 nitrogen and oxygen atoms in total. The van der Waals surface area contributed by atoms with Gasteiger partial charge in [-0.25, -0.2) is 0 Å². The molecule has 0 radical (unpaired) electrons. The van der Waals surface area contributed by atoms with Crippen molar-refractivity contribution in [2.45, 2.75) is 26.8 Å². The van der Waals surface area contributed by atoms with Crippen LogP contribution in [-0.4, -0.2) is 73.6 Å². The molecule has 1 saturated heterocycles. The van der Waals surface area contributed by atoms with Crippen molar-refractivity contribution in [3.05, 3.63) is 54.1 Å². The van der Waals surface area contributed by atoms with E-state index in [1.165, 1.54) is 0 Å². The van der Waals surface area contributed by atoms with E-state index in [0.29, 0.717) is 12.1 Å². The first-order chi connectivity index (χ1) is 15.9. The summed E-state index contributed by atoms with van der Waals surface area (Å²) in [6.45, 7) is 9.57. The van der Waals surface area contributed by atoms with Gasteiger partial charge in [-0.05, 0) is 56.2 Å². The third-order valence-electron chi connectivity index (χ3n) is 5.95. The molecule has 2 aromatic carbocycles. The number of carbonyl (C=O) groups is 2. The van der Waals surface area contributed by atoms with Gasteiger partial charge in [-0.15, -0.1) is 0 Å². The van der Waals surface area contributed by atoms with E-state index in [1.54, 1.807) is 4.90 Å². The van der Waals surface area contributed by atoms with Crippen LogP contribution in [0.4, 0.5) is 5.69 Å². The predicted molar refractivity (Wildman–Crippen MR) is 129 cm³/mol. The Balaban J connectivity index is 1.45. The summed E-state index contributed by atoms with van der Waals surface area (Å²) >= 11 is 0. The number of nitrogens with zero attached hydrogens (tertiary/aromatic N) is 4. The lowest BCUT2D eigenvalue weighted by Crippen LogP contribution is -2.48.